The molecule has 0 radical (unpaired) electrons. The zero-order valence-electron chi connectivity index (χ0n) is 7.87. The molecule has 1 aromatic rings. The van der Waals surface area contributed by atoms with Crippen LogP contribution in [0.5, 0.6) is 0 Å². The molecule has 0 spiro atoms. The van der Waals surface area contributed by atoms with E-state index in [-0.39, 0.29) is 0 Å². The van der Waals surface area contributed by atoms with Crippen LogP contribution in [0, 0.1) is 17.8 Å². The number of benzene rings is 1. The maximum Gasteiger partial charge on any atom is 0.133 e. The van der Waals surface area contributed by atoms with Gasteiger partial charge in [-0.15, -0.1) is 0 Å². The van der Waals surface area contributed by atoms with E-state index in [4.69, 9.17) is 0 Å². The number of hydrogen-bond acceptors (Lipinski definition) is 0. The van der Waals surface area contributed by atoms with E-state index in [2.05, 4.69) is 30.3 Å². The van der Waals surface area contributed by atoms with Crippen molar-refractivity contribution in [2.75, 3.05) is 0 Å². The topological polar surface area (TPSA) is 0 Å². The molecule has 2 saturated carbocycles. The third kappa shape index (κ3) is 1.46. The molecule has 2 fully saturated rings. The highest BCUT2D eigenvalue weighted by atomic mass is 14.5. The number of rotatable bonds is 3. The minimum absolute atomic E-state index is 0.954. The molecule has 0 amide bonds. The quantitative estimate of drug-likeness (QED) is 0.611. The zero-order chi connectivity index (χ0) is 8.67. The van der Waals surface area contributed by atoms with Crippen LogP contribution in [0.15, 0.2) is 30.3 Å². The van der Waals surface area contributed by atoms with Crippen molar-refractivity contribution in [1.29, 1.82) is 0 Å². The molecule has 66 valence electrons. The molecular weight excluding hydrogens is 156 g/mol. The van der Waals surface area contributed by atoms with Crippen LogP contribution in [-0.4, -0.2) is 0 Å². The second-order valence-electron chi connectivity index (χ2n) is 4.37. The molecule has 0 aromatic heterocycles. The minimum atomic E-state index is 0.954. The van der Waals surface area contributed by atoms with Crippen LogP contribution in [0.4, 0.5) is 0 Å². The lowest BCUT2D eigenvalue weighted by Crippen LogP contribution is -2.04. The Morgan fingerprint density at radius 2 is 1.38 bits per heavy atom. The minimum Gasteiger partial charge on any atom is -0.0356 e. The van der Waals surface area contributed by atoms with E-state index in [1.807, 2.05) is 0 Å². The van der Waals surface area contributed by atoms with Gasteiger partial charge >= 0.3 is 0 Å². The van der Waals surface area contributed by atoms with E-state index in [0.29, 0.717) is 0 Å². The molecule has 0 heteroatoms. The summed E-state index contributed by atoms with van der Waals surface area (Å²) >= 11 is 0. The Kier molecular flexibility index (Phi) is 1.61. The molecule has 0 heterocycles. The average molecular weight is 171 g/mol. The lowest BCUT2D eigenvalue weighted by Gasteiger charge is -2.07. The molecular formula is C13H15+. The van der Waals surface area contributed by atoms with Gasteiger partial charge in [-0.3, -0.25) is 0 Å². The van der Waals surface area contributed by atoms with Gasteiger partial charge in [0.1, 0.15) is 5.56 Å². The van der Waals surface area contributed by atoms with Crippen LogP contribution in [0.3, 0.4) is 0 Å². The third-order valence-electron chi connectivity index (χ3n) is 3.14. The van der Waals surface area contributed by atoms with Crippen molar-refractivity contribution in [3.8, 4) is 0 Å². The first kappa shape index (κ1) is 7.49. The van der Waals surface area contributed by atoms with Gasteiger partial charge in [-0.05, 0) is 43.9 Å². The maximum atomic E-state index is 2.28. The largest absolute Gasteiger partial charge is 0.133 e. The predicted molar refractivity (Wildman–Crippen MR) is 54.2 cm³/mol. The summed E-state index contributed by atoms with van der Waals surface area (Å²) in [5.41, 5.74) is 1.52. The third-order valence-corrected chi connectivity index (χ3v) is 3.14. The first-order valence-corrected chi connectivity index (χ1v) is 5.37. The summed E-state index contributed by atoms with van der Waals surface area (Å²) in [5.74, 6) is 3.69. The smallest absolute Gasteiger partial charge is 0.0356 e. The van der Waals surface area contributed by atoms with E-state index < -0.39 is 0 Å². The lowest BCUT2D eigenvalue weighted by atomic mass is 9.90. The molecule has 0 nitrogen and oxygen atoms in total. The summed E-state index contributed by atoms with van der Waals surface area (Å²) in [6.07, 6.45) is 5.78. The highest BCUT2D eigenvalue weighted by molar-refractivity contribution is 5.37. The van der Waals surface area contributed by atoms with Crippen LogP contribution in [-0.2, 0) is 0 Å². The Morgan fingerprint density at radius 3 is 1.85 bits per heavy atom. The standard InChI is InChI=1S/C13H15/c1-2-4-10(5-3-1)13(11-6-7-11)12-8-9-12/h1-5,11-12H,6-9H2/q+1. The Bertz CT molecular complexity index is 268. The maximum absolute atomic E-state index is 2.28. The molecule has 2 aliphatic rings. The SMILES string of the molecule is c1ccc([C+](C2CC2)C2CC2)cc1. The molecule has 2 aliphatic carbocycles. The second-order valence-corrected chi connectivity index (χ2v) is 4.37. The summed E-state index contributed by atoms with van der Waals surface area (Å²) in [5, 5.41) is 0. The highest BCUT2D eigenvalue weighted by Crippen LogP contribution is 2.53. The molecule has 1 aromatic carbocycles. The predicted octanol–water partition coefficient (Wildman–Crippen LogP) is 3.43. The molecule has 0 unspecified atom stereocenters. The number of hydrogen-bond donors (Lipinski definition) is 0. The van der Waals surface area contributed by atoms with Crippen molar-refractivity contribution >= 4 is 0 Å². The van der Waals surface area contributed by atoms with Crippen LogP contribution < -0.4 is 0 Å². The summed E-state index contributed by atoms with van der Waals surface area (Å²) in [7, 11) is 0. The van der Waals surface area contributed by atoms with Crippen LogP contribution in [0.25, 0.3) is 0 Å². The molecule has 0 saturated heterocycles. The fourth-order valence-electron chi connectivity index (χ4n) is 2.22. The van der Waals surface area contributed by atoms with E-state index in [0.717, 1.165) is 11.8 Å². The van der Waals surface area contributed by atoms with Gasteiger partial charge in [-0.25, -0.2) is 0 Å². The zero-order valence-corrected chi connectivity index (χ0v) is 7.87. The van der Waals surface area contributed by atoms with Crippen molar-refractivity contribution in [3.05, 3.63) is 41.8 Å². The van der Waals surface area contributed by atoms with Gasteiger partial charge < -0.3 is 0 Å². The van der Waals surface area contributed by atoms with Crippen LogP contribution in [0.1, 0.15) is 31.2 Å². The van der Waals surface area contributed by atoms with Crippen LogP contribution >= 0.6 is 0 Å². The molecule has 3 rings (SSSR count). The Labute approximate surface area is 80.0 Å². The van der Waals surface area contributed by atoms with E-state index in [1.54, 1.807) is 5.92 Å². The van der Waals surface area contributed by atoms with E-state index in [9.17, 15) is 0 Å². The van der Waals surface area contributed by atoms with Gasteiger partial charge in [0.2, 0.25) is 0 Å². The Balaban J connectivity index is 1.87. The van der Waals surface area contributed by atoms with Gasteiger partial charge in [-0.1, -0.05) is 0 Å². The normalized spacial score (nSPS) is 21.5. The van der Waals surface area contributed by atoms with Gasteiger partial charge in [0.15, 0.2) is 0 Å². The molecule has 0 bridgehead atoms. The fraction of sp³-hybridized carbons (Fsp3) is 0.462. The van der Waals surface area contributed by atoms with Crippen molar-refractivity contribution in [2.45, 2.75) is 25.7 Å². The molecule has 0 atom stereocenters. The van der Waals surface area contributed by atoms with Crippen molar-refractivity contribution < 1.29 is 0 Å². The summed E-state index contributed by atoms with van der Waals surface area (Å²) in [6, 6.07) is 11.0. The molecule has 0 N–H and O–H groups in total. The summed E-state index contributed by atoms with van der Waals surface area (Å²) < 4.78 is 0. The highest BCUT2D eigenvalue weighted by Gasteiger charge is 2.47. The lowest BCUT2D eigenvalue weighted by molar-refractivity contribution is 0.736. The monoisotopic (exact) mass is 171 g/mol. The van der Waals surface area contributed by atoms with Crippen molar-refractivity contribution in [2.24, 2.45) is 11.8 Å². The van der Waals surface area contributed by atoms with Crippen molar-refractivity contribution in [1.82, 2.24) is 0 Å². The second kappa shape index (κ2) is 2.80. The summed E-state index contributed by atoms with van der Waals surface area (Å²) in [6.45, 7) is 0. The van der Waals surface area contributed by atoms with Gasteiger partial charge in [0, 0.05) is 29.9 Å². The van der Waals surface area contributed by atoms with Crippen molar-refractivity contribution in [3.63, 3.8) is 0 Å². The van der Waals surface area contributed by atoms with E-state index >= 15 is 0 Å². The Hall–Kier alpha value is -0.910. The fourth-order valence-corrected chi connectivity index (χ4v) is 2.22. The molecule has 13 heavy (non-hydrogen) atoms. The van der Waals surface area contributed by atoms with E-state index in [1.165, 1.54) is 31.2 Å². The van der Waals surface area contributed by atoms with Gasteiger partial charge in [-0.2, -0.15) is 0 Å². The Morgan fingerprint density at radius 1 is 0.846 bits per heavy atom. The average Bonchev–Trinajstić information content (AvgIpc) is 3.00. The first-order chi connectivity index (χ1) is 6.45. The van der Waals surface area contributed by atoms with Gasteiger partial charge in [0.05, 0.1) is 0 Å². The first-order valence-electron chi connectivity index (χ1n) is 5.37. The summed E-state index contributed by atoms with van der Waals surface area (Å²) in [4.78, 5) is 0. The van der Waals surface area contributed by atoms with Crippen LogP contribution in [0.2, 0.25) is 0 Å². The molecule has 0 aliphatic heterocycles. The van der Waals surface area contributed by atoms with Gasteiger partial charge in [0.25, 0.3) is 0 Å².